The summed E-state index contributed by atoms with van der Waals surface area (Å²) in [6.07, 6.45) is -3.23. The molecule has 0 aromatic heterocycles. The highest BCUT2D eigenvalue weighted by Gasteiger charge is 2.30. The molecule has 0 spiro atoms. The highest BCUT2D eigenvalue weighted by atomic mass is 19.4. The van der Waals surface area contributed by atoms with E-state index in [4.69, 9.17) is 5.73 Å². The molecule has 0 radical (unpaired) electrons. The van der Waals surface area contributed by atoms with E-state index in [-0.39, 0.29) is 12.5 Å². The number of nitrogens with zero attached hydrogens (tertiary/aromatic N) is 1. The van der Waals surface area contributed by atoms with Crippen molar-refractivity contribution in [2.75, 3.05) is 26.2 Å². The van der Waals surface area contributed by atoms with Crippen LogP contribution in [0.25, 0.3) is 0 Å². The summed E-state index contributed by atoms with van der Waals surface area (Å²) in [5.41, 5.74) is 5.26. The minimum Gasteiger partial charge on any atom is -0.329 e. The van der Waals surface area contributed by atoms with Crippen molar-refractivity contribution in [1.29, 1.82) is 0 Å². The first-order valence-electron chi connectivity index (χ1n) is 4.88. The molecular weight excluding hydrogens is 193 g/mol. The van der Waals surface area contributed by atoms with Gasteiger partial charge >= 0.3 is 6.18 Å². The average molecular weight is 212 g/mol. The SMILES string of the molecule is CCC(C)CN(CCN)CC(F)(F)F. The normalized spacial score (nSPS) is 14.8. The molecule has 0 heterocycles. The number of nitrogens with two attached hydrogens (primary N) is 1. The Hall–Kier alpha value is -0.290. The summed E-state index contributed by atoms with van der Waals surface area (Å²) in [5, 5.41) is 0. The lowest BCUT2D eigenvalue weighted by Gasteiger charge is -2.25. The second-order valence-electron chi connectivity index (χ2n) is 3.65. The van der Waals surface area contributed by atoms with Crippen molar-refractivity contribution in [3.63, 3.8) is 0 Å². The summed E-state index contributed by atoms with van der Waals surface area (Å²) in [4.78, 5) is 1.37. The van der Waals surface area contributed by atoms with Gasteiger partial charge in [-0.2, -0.15) is 13.2 Å². The second-order valence-corrected chi connectivity index (χ2v) is 3.65. The Bertz CT molecular complexity index is 147. The van der Waals surface area contributed by atoms with Crippen LogP contribution in [0.4, 0.5) is 13.2 Å². The zero-order chi connectivity index (χ0) is 11.2. The number of rotatable bonds is 6. The Labute approximate surface area is 83.3 Å². The zero-order valence-electron chi connectivity index (χ0n) is 8.77. The van der Waals surface area contributed by atoms with Crippen LogP contribution in [0.2, 0.25) is 0 Å². The van der Waals surface area contributed by atoms with Crippen molar-refractivity contribution in [2.45, 2.75) is 26.4 Å². The van der Waals surface area contributed by atoms with E-state index in [9.17, 15) is 13.2 Å². The summed E-state index contributed by atoms with van der Waals surface area (Å²) in [5.74, 6) is 0.281. The Kier molecular flexibility index (Phi) is 6.11. The van der Waals surface area contributed by atoms with Crippen LogP contribution in [-0.2, 0) is 0 Å². The van der Waals surface area contributed by atoms with Gasteiger partial charge in [-0.25, -0.2) is 0 Å². The van der Waals surface area contributed by atoms with Crippen molar-refractivity contribution in [3.05, 3.63) is 0 Å². The van der Waals surface area contributed by atoms with Gasteiger partial charge in [-0.1, -0.05) is 20.3 Å². The first-order valence-corrected chi connectivity index (χ1v) is 4.88. The van der Waals surface area contributed by atoms with Gasteiger partial charge in [0.15, 0.2) is 0 Å². The van der Waals surface area contributed by atoms with Crippen LogP contribution in [0.1, 0.15) is 20.3 Å². The maximum atomic E-state index is 12.1. The van der Waals surface area contributed by atoms with E-state index in [0.717, 1.165) is 6.42 Å². The molecule has 0 aliphatic carbocycles. The number of hydrogen-bond donors (Lipinski definition) is 1. The standard InChI is InChI=1S/C9H19F3N2/c1-3-8(2)6-14(5-4-13)7-9(10,11)12/h8H,3-7,13H2,1-2H3. The van der Waals surface area contributed by atoms with E-state index >= 15 is 0 Å². The van der Waals surface area contributed by atoms with Crippen molar-refractivity contribution in [1.82, 2.24) is 4.90 Å². The maximum Gasteiger partial charge on any atom is 0.401 e. The topological polar surface area (TPSA) is 29.3 Å². The molecule has 5 heteroatoms. The molecular formula is C9H19F3N2. The average Bonchev–Trinajstić information content (AvgIpc) is 2.01. The van der Waals surface area contributed by atoms with E-state index in [1.165, 1.54) is 4.90 Å². The molecule has 0 aromatic carbocycles. The number of halogens is 3. The molecule has 0 rings (SSSR count). The molecule has 0 saturated carbocycles. The van der Waals surface area contributed by atoms with Crippen LogP contribution in [0.15, 0.2) is 0 Å². The van der Waals surface area contributed by atoms with Crippen LogP contribution in [0.5, 0.6) is 0 Å². The molecule has 0 bridgehead atoms. The van der Waals surface area contributed by atoms with Crippen molar-refractivity contribution in [3.8, 4) is 0 Å². The van der Waals surface area contributed by atoms with E-state index in [1.54, 1.807) is 0 Å². The van der Waals surface area contributed by atoms with Gasteiger partial charge < -0.3 is 5.73 Å². The molecule has 1 atom stereocenters. The van der Waals surface area contributed by atoms with E-state index < -0.39 is 12.7 Å². The largest absolute Gasteiger partial charge is 0.401 e. The van der Waals surface area contributed by atoms with Crippen LogP contribution in [0.3, 0.4) is 0 Å². The highest BCUT2D eigenvalue weighted by Crippen LogP contribution is 2.17. The van der Waals surface area contributed by atoms with Crippen LogP contribution < -0.4 is 5.73 Å². The quantitative estimate of drug-likeness (QED) is 0.728. The molecule has 14 heavy (non-hydrogen) atoms. The summed E-state index contributed by atoms with van der Waals surface area (Å²) in [6, 6.07) is 0. The van der Waals surface area contributed by atoms with Gasteiger partial charge in [0.25, 0.3) is 0 Å². The monoisotopic (exact) mass is 212 g/mol. The maximum absolute atomic E-state index is 12.1. The molecule has 0 amide bonds. The van der Waals surface area contributed by atoms with E-state index in [2.05, 4.69) is 0 Å². The fourth-order valence-corrected chi connectivity index (χ4v) is 1.24. The minimum absolute atomic E-state index is 0.270. The number of alkyl halides is 3. The number of hydrogen-bond acceptors (Lipinski definition) is 2. The van der Waals surface area contributed by atoms with Gasteiger partial charge in [0, 0.05) is 19.6 Å². The zero-order valence-corrected chi connectivity index (χ0v) is 8.77. The Morgan fingerprint density at radius 1 is 1.36 bits per heavy atom. The molecule has 0 aromatic rings. The molecule has 0 saturated heterocycles. The minimum atomic E-state index is -4.12. The van der Waals surface area contributed by atoms with Crippen molar-refractivity contribution >= 4 is 0 Å². The molecule has 1 unspecified atom stereocenters. The third-order valence-corrected chi connectivity index (χ3v) is 2.12. The lowest BCUT2D eigenvalue weighted by Crippen LogP contribution is -2.39. The lowest BCUT2D eigenvalue weighted by molar-refractivity contribution is -0.146. The highest BCUT2D eigenvalue weighted by molar-refractivity contribution is 4.66. The van der Waals surface area contributed by atoms with E-state index in [0.29, 0.717) is 13.1 Å². The van der Waals surface area contributed by atoms with Crippen LogP contribution in [0, 0.1) is 5.92 Å². The molecule has 0 aliphatic rings. The summed E-state index contributed by atoms with van der Waals surface area (Å²) in [6.45, 7) is 4.11. The Morgan fingerprint density at radius 2 is 1.93 bits per heavy atom. The first kappa shape index (κ1) is 13.7. The van der Waals surface area contributed by atoms with Gasteiger partial charge in [-0.15, -0.1) is 0 Å². The Balaban J connectivity index is 4.01. The van der Waals surface area contributed by atoms with Crippen LogP contribution >= 0.6 is 0 Å². The fourth-order valence-electron chi connectivity index (χ4n) is 1.24. The molecule has 0 fully saturated rings. The molecule has 0 aliphatic heterocycles. The van der Waals surface area contributed by atoms with Crippen molar-refractivity contribution < 1.29 is 13.2 Å². The fraction of sp³-hybridized carbons (Fsp3) is 1.00. The lowest BCUT2D eigenvalue weighted by atomic mass is 10.1. The second kappa shape index (κ2) is 6.24. The van der Waals surface area contributed by atoms with Gasteiger partial charge in [0.1, 0.15) is 0 Å². The third kappa shape index (κ3) is 7.15. The molecule has 86 valence electrons. The molecule has 2 N–H and O–H groups in total. The van der Waals surface area contributed by atoms with E-state index in [1.807, 2.05) is 13.8 Å². The third-order valence-electron chi connectivity index (χ3n) is 2.12. The van der Waals surface area contributed by atoms with Crippen molar-refractivity contribution in [2.24, 2.45) is 11.7 Å². The summed E-state index contributed by atoms with van der Waals surface area (Å²) < 4.78 is 36.3. The van der Waals surface area contributed by atoms with Gasteiger partial charge in [0.2, 0.25) is 0 Å². The van der Waals surface area contributed by atoms with Gasteiger partial charge in [-0.3, -0.25) is 4.90 Å². The van der Waals surface area contributed by atoms with Gasteiger partial charge in [0.05, 0.1) is 6.54 Å². The first-order chi connectivity index (χ1) is 6.39. The predicted molar refractivity (Wildman–Crippen MR) is 51.0 cm³/mol. The summed E-state index contributed by atoms with van der Waals surface area (Å²) >= 11 is 0. The summed E-state index contributed by atoms with van der Waals surface area (Å²) in [7, 11) is 0. The predicted octanol–water partition coefficient (Wildman–Crippen LogP) is 1.86. The van der Waals surface area contributed by atoms with Crippen LogP contribution in [-0.4, -0.2) is 37.3 Å². The Morgan fingerprint density at radius 3 is 2.29 bits per heavy atom. The smallest absolute Gasteiger partial charge is 0.329 e. The molecule has 2 nitrogen and oxygen atoms in total. The van der Waals surface area contributed by atoms with Gasteiger partial charge in [-0.05, 0) is 5.92 Å².